The van der Waals surface area contributed by atoms with Crippen molar-refractivity contribution in [2.75, 3.05) is 36.4 Å². The number of allylic oxidation sites excluding steroid dienone is 1. The van der Waals surface area contributed by atoms with Crippen LogP contribution in [0.3, 0.4) is 0 Å². The number of carbonyl (C=O) groups excluding carboxylic acids is 1. The second-order valence-corrected chi connectivity index (χ2v) is 9.90. The van der Waals surface area contributed by atoms with Crippen molar-refractivity contribution in [2.45, 2.75) is 52.5 Å². The Morgan fingerprint density at radius 1 is 1.21 bits per heavy atom. The molecule has 2 atom stereocenters. The van der Waals surface area contributed by atoms with E-state index in [0.717, 1.165) is 18.4 Å². The van der Waals surface area contributed by atoms with E-state index in [4.69, 9.17) is 4.84 Å². The number of hydrogen-bond acceptors (Lipinski definition) is 4. The number of anilines is 2. The first-order chi connectivity index (χ1) is 18.3. The number of halogens is 1. The second kappa shape index (κ2) is 12.3. The number of hydrogen-bond donors (Lipinski definition) is 4. The Labute approximate surface area is 224 Å². The van der Waals surface area contributed by atoms with Gasteiger partial charge in [-0.15, -0.1) is 5.48 Å². The fourth-order valence-electron chi connectivity index (χ4n) is 5.41. The molecule has 0 aliphatic carbocycles. The van der Waals surface area contributed by atoms with Crippen molar-refractivity contribution in [3.05, 3.63) is 71.4 Å². The number of amidine groups is 1. The molecule has 1 saturated heterocycles. The zero-order chi connectivity index (χ0) is 27.2. The minimum Gasteiger partial charge on any atom is -0.447 e. The standard InChI is InChI=1S/C29H38FN5O3/c1-5-34(6-2)28(36)26(21-10-8-7-9-11-21)22-14-16-35(17-15-22)25-13-12-23(18-24(25)30)31-29(37)32-27-19(3)33-38-20(27)4/h7-13,18-19,22,26,33H,5-6,14-17H2,1-4H3,(H2,31,32,37)/p+1. The number of carbonyl (C=O) groups is 1. The Hall–Kier alpha value is -3.59. The van der Waals surface area contributed by atoms with Gasteiger partial charge in [-0.1, -0.05) is 30.3 Å². The SMILES string of the molecule is CCN(CC)C(=O)C(c1ccccc1)C1CCN(c2ccc(NC(O)=[NH+]C3=C(C)ONC3C)cc2F)CC1. The maximum Gasteiger partial charge on any atom is 0.449 e. The van der Waals surface area contributed by atoms with E-state index in [1.165, 1.54) is 6.07 Å². The average Bonchev–Trinajstić information content (AvgIpc) is 3.23. The predicted molar refractivity (Wildman–Crippen MR) is 147 cm³/mol. The fourth-order valence-corrected chi connectivity index (χ4v) is 5.41. The van der Waals surface area contributed by atoms with Crippen molar-refractivity contribution in [1.29, 1.82) is 0 Å². The van der Waals surface area contributed by atoms with Crippen LogP contribution in [0.25, 0.3) is 0 Å². The second-order valence-electron chi connectivity index (χ2n) is 9.90. The van der Waals surface area contributed by atoms with Crippen LogP contribution in [0.1, 0.15) is 52.0 Å². The van der Waals surface area contributed by atoms with Gasteiger partial charge in [0.2, 0.25) is 5.91 Å². The van der Waals surface area contributed by atoms with Crippen LogP contribution in [-0.2, 0) is 9.63 Å². The molecule has 0 bridgehead atoms. The molecule has 4 rings (SSSR count). The molecule has 8 nitrogen and oxygen atoms in total. The largest absolute Gasteiger partial charge is 0.449 e. The van der Waals surface area contributed by atoms with E-state index in [-0.39, 0.29) is 35.6 Å². The van der Waals surface area contributed by atoms with E-state index in [9.17, 15) is 9.90 Å². The van der Waals surface area contributed by atoms with Crippen LogP contribution in [0.2, 0.25) is 0 Å². The van der Waals surface area contributed by atoms with E-state index >= 15 is 4.39 Å². The Bertz CT molecular complexity index is 1170. The van der Waals surface area contributed by atoms with E-state index in [0.29, 0.717) is 49.0 Å². The molecule has 0 saturated carbocycles. The number of aliphatic hydroxyl groups is 1. The van der Waals surface area contributed by atoms with E-state index in [1.54, 1.807) is 19.1 Å². The fraction of sp³-hybridized carbons (Fsp3) is 0.448. The molecule has 2 aromatic carbocycles. The lowest BCUT2D eigenvalue weighted by Crippen LogP contribution is -2.75. The van der Waals surface area contributed by atoms with Gasteiger partial charge in [0.15, 0.2) is 17.3 Å². The predicted octanol–water partition coefficient (Wildman–Crippen LogP) is 3.26. The molecule has 2 aromatic rings. The van der Waals surface area contributed by atoms with Gasteiger partial charge in [0.1, 0.15) is 11.7 Å². The quantitative estimate of drug-likeness (QED) is 0.313. The lowest BCUT2D eigenvalue weighted by molar-refractivity contribution is -0.413. The maximum atomic E-state index is 15.2. The first-order valence-electron chi connectivity index (χ1n) is 13.4. The highest BCUT2D eigenvalue weighted by Crippen LogP contribution is 2.36. The first kappa shape index (κ1) is 27.4. The summed E-state index contributed by atoms with van der Waals surface area (Å²) < 4.78 is 15.2. The number of piperidine rings is 1. The Kier molecular flexibility index (Phi) is 8.89. The van der Waals surface area contributed by atoms with Gasteiger partial charge >= 0.3 is 6.02 Å². The Balaban J connectivity index is 1.43. The van der Waals surface area contributed by atoms with Crippen molar-refractivity contribution in [3.8, 4) is 0 Å². The molecule has 2 heterocycles. The molecular weight excluding hydrogens is 485 g/mol. The summed E-state index contributed by atoms with van der Waals surface area (Å²) in [5.41, 5.74) is 5.50. The zero-order valence-electron chi connectivity index (χ0n) is 22.6. The molecule has 2 unspecified atom stereocenters. The maximum absolute atomic E-state index is 15.2. The number of benzene rings is 2. The highest BCUT2D eigenvalue weighted by atomic mass is 19.1. The number of likely N-dealkylation sites (N-methyl/N-ethyl adjacent to an activating group) is 1. The minimum atomic E-state index is -0.366. The minimum absolute atomic E-state index is 0.107. The lowest BCUT2D eigenvalue weighted by Gasteiger charge is -2.38. The van der Waals surface area contributed by atoms with Crippen LogP contribution in [0.4, 0.5) is 15.8 Å². The van der Waals surface area contributed by atoms with Crippen molar-refractivity contribution in [1.82, 2.24) is 10.4 Å². The van der Waals surface area contributed by atoms with Crippen molar-refractivity contribution in [3.63, 3.8) is 0 Å². The summed E-state index contributed by atoms with van der Waals surface area (Å²) in [5, 5.41) is 13.1. The number of nitrogens with one attached hydrogen (secondary N) is 3. The van der Waals surface area contributed by atoms with E-state index in [1.807, 2.05) is 60.9 Å². The third kappa shape index (κ3) is 6.10. The number of rotatable bonds is 8. The van der Waals surface area contributed by atoms with Gasteiger partial charge in [-0.2, -0.15) is 0 Å². The van der Waals surface area contributed by atoms with Crippen LogP contribution < -0.4 is 20.7 Å². The van der Waals surface area contributed by atoms with Gasteiger partial charge in [0.05, 0.1) is 11.6 Å². The highest BCUT2D eigenvalue weighted by molar-refractivity contribution is 5.84. The lowest BCUT2D eigenvalue weighted by atomic mass is 9.79. The van der Waals surface area contributed by atoms with Crippen LogP contribution in [-0.4, -0.2) is 54.2 Å². The summed E-state index contributed by atoms with van der Waals surface area (Å²) in [6.45, 7) is 10.4. The Morgan fingerprint density at radius 3 is 2.47 bits per heavy atom. The number of nitrogens with zero attached hydrogens (tertiary/aromatic N) is 2. The van der Waals surface area contributed by atoms with Crippen LogP contribution in [0.5, 0.6) is 0 Å². The van der Waals surface area contributed by atoms with Crippen molar-refractivity contribution >= 4 is 23.3 Å². The molecule has 1 fully saturated rings. The third-order valence-electron chi connectivity index (χ3n) is 7.52. The van der Waals surface area contributed by atoms with E-state index in [2.05, 4.69) is 15.8 Å². The van der Waals surface area contributed by atoms with Crippen molar-refractivity contribution < 1.29 is 24.1 Å². The van der Waals surface area contributed by atoms with Gasteiger partial charge in [-0.05, 0) is 64.2 Å². The summed E-state index contributed by atoms with van der Waals surface area (Å²) in [6.07, 6.45) is 1.60. The molecule has 38 heavy (non-hydrogen) atoms. The molecule has 1 amide bonds. The number of hydroxylamine groups is 1. The molecule has 204 valence electrons. The van der Waals surface area contributed by atoms with Gasteiger partial charge in [-0.25, -0.2) is 14.7 Å². The van der Waals surface area contributed by atoms with Gasteiger partial charge in [0.25, 0.3) is 0 Å². The molecule has 2 aliphatic rings. The summed E-state index contributed by atoms with van der Waals surface area (Å²) in [4.78, 5) is 25.5. The Morgan fingerprint density at radius 2 is 1.89 bits per heavy atom. The molecule has 2 aliphatic heterocycles. The normalized spacial score (nSPS) is 19.3. The van der Waals surface area contributed by atoms with Gasteiger partial charge < -0.3 is 19.7 Å². The number of aliphatic hydroxyl groups excluding tert-OH is 1. The number of amides is 1. The summed E-state index contributed by atoms with van der Waals surface area (Å²) in [7, 11) is 0. The summed E-state index contributed by atoms with van der Waals surface area (Å²) in [6, 6.07) is 14.6. The molecule has 0 radical (unpaired) electrons. The summed E-state index contributed by atoms with van der Waals surface area (Å²) in [5.74, 6) is 0.435. The molecule has 0 spiro atoms. The van der Waals surface area contributed by atoms with Crippen molar-refractivity contribution in [2.24, 2.45) is 5.92 Å². The smallest absolute Gasteiger partial charge is 0.447 e. The first-order valence-corrected chi connectivity index (χ1v) is 13.4. The summed E-state index contributed by atoms with van der Waals surface area (Å²) >= 11 is 0. The van der Waals surface area contributed by atoms with Crippen LogP contribution >= 0.6 is 0 Å². The monoisotopic (exact) mass is 524 g/mol. The van der Waals surface area contributed by atoms with Gasteiger partial charge in [0, 0.05) is 32.2 Å². The zero-order valence-corrected chi connectivity index (χ0v) is 22.6. The molecular formula is C29H39FN5O3+. The van der Waals surface area contributed by atoms with Gasteiger partial charge in [-0.3, -0.25) is 4.79 Å². The molecule has 4 N–H and O–H groups in total. The average molecular weight is 525 g/mol. The molecule has 0 aromatic heterocycles. The highest BCUT2D eigenvalue weighted by Gasteiger charge is 2.35. The third-order valence-corrected chi connectivity index (χ3v) is 7.52. The topological polar surface area (TPSA) is 91.0 Å². The van der Waals surface area contributed by atoms with E-state index < -0.39 is 0 Å². The van der Waals surface area contributed by atoms with Crippen LogP contribution in [0.15, 0.2) is 60.0 Å². The molecule has 9 heteroatoms. The van der Waals surface area contributed by atoms with Crippen LogP contribution in [0, 0.1) is 11.7 Å².